The number of nitrogens with zero attached hydrogens (tertiary/aromatic N) is 3. The van der Waals surface area contributed by atoms with Crippen LogP contribution in [0.3, 0.4) is 0 Å². The Hall–Kier alpha value is -6.98. The van der Waals surface area contributed by atoms with Gasteiger partial charge in [0.2, 0.25) is 0 Å². The van der Waals surface area contributed by atoms with Crippen molar-refractivity contribution in [2.45, 2.75) is 6.17 Å². The van der Waals surface area contributed by atoms with Crippen LogP contribution in [0.15, 0.2) is 184 Å². The van der Waals surface area contributed by atoms with Gasteiger partial charge in [-0.15, -0.1) is 0 Å². The highest BCUT2D eigenvalue weighted by Gasteiger charge is 2.26. The van der Waals surface area contributed by atoms with Crippen LogP contribution in [0.25, 0.3) is 71.0 Å². The molecule has 11 rings (SSSR count). The van der Waals surface area contributed by atoms with Gasteiger partial charge in [0, 0.05) is 38.7 Å². The van der Waals surface area contributed by atoms with E-state index in [2.05, 4.69) is 155 Å². The second kappa shape index (κ2) is 11.3. The molecule has 1 N–H and O–H groups in total. The van der Waals surface area contributed by atoms with E-state index >= 15 is 0 Å². The van der Waals surface area contributed by atoms with Gasteiger partial charge in [-0.25, -0.2) is 9.98 Å². The third kappa shape index (κ3) is 4.49. The van der Waals surface area contributed by atoms with E-state index < -0.39 is 0 Å². The average molecular weight is 667 g/mol. The number of aromatic nitrogens is 1. The fraction of sp³-hybridized carbons (Fsp3) is 0.0213. The predicted molar refractivity (Wildman–Crippen MR) is 215 cm³/mol. The largest absolute Gasteiger partial charge is 0.456 e. The molecule has 244 valence electrons. The second-order valence-corrected chi connectivity index (χ2v) is 13.5. The smallest absolute Gasteiger partial charge is 0.159 e. The topological polar surface area (TPSA) is 54.8 Å². The van der Waals surface area contributed by atoms with Crippen molar-refractivity contribution in [2.24, 2.45) is 9.98 Å². The summed E-state index contributed by atoms with van der Waals surface area (Å²) in [6.07, 6.45) is -0.332. The Morgan fingerprint density at radius 2 is 1.15 bits per heavy atom. The molecule has 1 atom stereocenters. The molecule has 0 saturated carbocycles. The number of aliphatic imine (C=N–C) groups is 2. The zero-order chi connectivity index (χ0) is 34.2. The fourth-order valence-electron chi connectivity index (χ4n) is 7.93. The summed E-state index contributed by atoms with van der Waals surface area (Å²) in [6, 6.07) is 59.8. The molecule has 2 aromatic heterocycles. The van der Waals surface area contributed by atoms with E-state index in [1.165, 1.54) is 21.5 Å². The third-order valence-electron chi connectivity index (χ3n) is 10.4. The number of hydrogen-bond acceptors (Lipinski definition) is 4. The third-order valence-corrected chi connectivity index (χ3v) is 10.4. The predicted octanol–water partition coefficient (Wildman–Crippen LogP) is 11.5. The van der Waals surface area contributed by atoms with Crippen LogP contribution in [-0.2, 0) is 0 Å². The first-order valence-electron chi connectivity index (χ1n) is 17.6. The van der Waals surface area contributed by atoms with Crippen molar-refractivity contribution in [3.05, 3.63) is 187 Å². The number of para-hydroxylation sites is 1. The molecule has 52 heavy (non-hydrogen) atoms. The van der Waals surface area contributed by atoms with Gasteiger partial charge >= 0.3 is 0 Å². The molecular weight excluding hydrogens is 637 g/mol. The SMILES string of the molecule is c1ccc(C2=NC(c3ccccc3)NC(c3cc(-n4c5ccccc5c5cc6ccccc6cc54)cc4oc5cc6ccccc6cc5c34)=N2)cc1. The van der Waals surface area contributed by atoms with Crippen molar-refractivity contribution in [3.8, 4) is 5.69 Å². The van der Waals surface area contributed by atoms with Crippen LogP contribution in [0.1, 0.15) is 22.9 Å². The minimum Gasteiger partial charge on any atom is -0.456 e. The van der Waals surface area contributed by atoms with Crippen molar-refractivity contribution < 1.29 is 4.42 Å². The number of amidine groups is 2. The summed E-state index contributed by atoms with van der Waals surface area (Å²) >= 11 is 0. The van der Waals surface area contributed by atoms with Crippen molar-refractivity contribution in [2.75, 3.05) is 0 Å². The average Bonchev–Trinajstić information content (AvgIpc) is 3.73. The molecule has 0 fully saturated rings. The highest BCUT2D eigenvalue weighted by atomic mass is 16.3. The Bertz CT molecular complexity index is 3100. The summed E-state index contributed by atoms with van der Waals surface area (Å²) in [5.74, 6) is 1.43. The number of furan rings is 1. The van der Waals surface area contributed by atoms with Crippen LogP contribution < -0.4 is 5.32 Å². The normalized spacial score (nSPS) is 14.7. The molecule has 5 heteroatoms. The first-order valence-corrected chi connectivity index (χ1v) is 17.6. The van der Waals surface area contributed by atoms with Crippen LogP contribution in [0.2, 0.25) is 0 Å². The lowest BCUT2D eigenvalue weighted by atomic mass is 10.0. The summed E-state index contributed by atoms with van der Waals surface area (Å²) in [5, 5.41) is 13.0. The minimum absolute atomic E-state index is 0.332. The summed E-state index contributed by atoms with van der Waals surface area (Å²) in [4.78, 5) is 10.4. The van der Waals surface area contributed by atoms with Gasteiger partial charge in [0.05, 0.1) is 16.7 Å². The zero-order valence-electron chi connectivity index (χ0n) is 28.0. The zero-order valence-corrected chi connectivity index (χ0v) is 28.0. The molecule has 3 heterocycles. The molecule has 5 nitrogen and oxygen atoms in total. The highest BCUT2D eigenvalue weighted by molar-refractivity contribution is 6.23. The molecule has 0 aliphatic carbocycles. The van der Waals surface area contributed by atoms with Gasteiger partial charge in [-0.1, -0.05) is 127 Å². The summed E-state index contributed by atoms with van der Waals surface area (Å²) in [6.45, 7) is 0. The highest BCUT2D eigenvalue weighted by Crippen LogP contribution is 2.40. The van der Waals surface area contributed by atoms with Crippen molar-refractivity contribution in [1.29, 1.82) is 0 Å². The molecule has 0 bridgehead atoms. The number of rotatable bonds is 4. The van der Waals surface area contributed by atoms with E-state index in [4.69, 9.17) is 14.4 Å². The van der Waals surface area contributed by atoms with Gasteiger partial charge in [-0.2, -0.15) is 0 Å². The summed E-state index contributed by atoms with van der Waals surface area (Å²) in [7, 11) is 0. The molecule has 0 spiro atoms. The molecule has 10 aromatic rings. The molecule has 0 saturated heterocycles. The van der Waals surface area contributed by atoms with Crippen molar-refractivity contribution in [1.82, 2.24) is 9.88 Å². The number of benzene rings is 8. The molecule has 1 unspecified atom stereocenters. The van der Waals surface area contributed by atoms with Gasteiger partial charge in [-0.3, -0.25) is 0 Å². The Kier molecular flexibility index (Phi) is 6.25. The molecule has 1 aliphatic rings. The fourth-order valence-corrected chi connectivity index (χ4v) is 7.93. The first kappa shape index (κ1) is 28.8. The lowest BCUT2D eigenvalue weighted by molar-refractivity contribution is 0.668. The number of hydrogen-bond donors (Lipinski definition) is 1. The Balaban J connectivity index is 1.23. The maximum absolute atomic E-state index is 6.82. The van der Waals surface area contributed by atoms with E-state index in [1.807, 2.05) is 24.3 Å². The lowest BCUT2D eigenvalue weighted by Crippen LogP contribution is -2.33. The van der Waals surface area contributed by atoms with Crippen LogP contribution in [0, 0.1) is 0 Å². The van der Waals surface area contributed by atoms with Crippen molar-refractivity contribution in [3.63, 3.8) is 0 Å². The molecular formula is C47H30N4O. The van der Waals surface area contributed by atoms with E-state index in [1.54, 1.807) is 0 Å². The lowest BCUT2D eigenvalue weighted by Gasteiger charge is -2.24. The van der Waals surface area contributed by atoms with Crippen molar-refractivity contribution >= 4 is 77.0 Å². The summed E-state index contributed by atoms with van der Waals surface area (Å²) < 4.78 is 9.19. The standard InChI is InChI=1S/C47H30N4O/c1-3-13-29(14-4-1)45-48-46(30-15-5-2-6-16-30)50-47(49-45)39-27-35(28-43-44(39)38-24-32-18-8-10-20-34(32)26-42(38)52-43)51-40-22-12-11-21-36(40)37-23-31-17-7-9-19-33(31)25-41(37)51/h1-28,45H,(H,48,49,50). The molecule has 8 aromatic carbocycles. The monoisotopic (exact) mass is 666 g/mol. The van der Waals surface area contributed by atoms with Gasteiger partial charge in [-0.05, 0) is 63.5 Å². The Labute approximate surface area is 298 Å². The van der Waals surface area contributed by atoms with Crippen LogP contribution >= 0.6 is 0 Å². The molecule has 0 amide bonds. The maximum Gasteiger partial charge on any atom is 0.159 e. The van der Waals surface area contributed by atoms with Crippen LogP contribution in [0.5, 0.6) is 0 Å². The van der Waals surface area contributed by atoms with E-state index in [0.717, 1.165) is 72.0 Å². The van der Waals surface area contributed by atoms with Gasteiger partial charge in [0.15, 0.2) is 5.84 Å². The Morgan fingerprint density at radius 3 is 1.92 bits per heavy atom. The molecule has 0 radical (unpaired) electrons. The Morgan fingerprint density at radius 1 is 0.519 bits per heavy atom. The van der Waals surface area contributed by atoms with Gasteiger partial charge in [0.25, 0.3) is 0 Å². The van der Waals surface area contributed by atoms with E-state index in [0.29, 0.717) is 5.84 Å². The maximum atomic E-state index is 6.82. The molecule has 1 aliphatic heterocycles. The van der Waals surface area contributed by atoms with E-state index in [9.17, 15) is 0 Å². The summed E-state index contributed by atoms with van der Waals surface area (Å²) in [5.41, 5.74) is 7.89. The quantitative estimate of drug-likeness (QED) is 0.203. The minimum atomic E-state index is -0.332. The van der Waals surface area contributed by atoms with Gasteiger partial charge < -0.3 is 14.3 Å². The van der Waals surface area contributed by atoms with Crippen LogP contribution in [-0.4, -0.2) is 16.2 Å². The van der Waals surface area contributed by atoms with Crippen LogP contribution in [0.4, 0.5) is 0 Å². The second-order valence-electron chi connectivity index (χ2n) is 13.5. The van der Waals surface area contributed by atoms with Gasteiger partial charge in [0.1, 0.15) is 23.2 Å². The first-order chi connectivity index (χ1) is 25.7. The number of fused-ring (bicyclic) bond motifs is 8. The number of nitrogens with one attached hydrogen (secondary N) is 1. The van der Waals surface area contributed by atoms with E-state index in [-0.39, 0.29) is 6.17 Å².